The zero-order valence-corrected chi connectivity index (χ0v) is 12.4. The van der Waals surface area contributed by atoms with Gasteiger partial charge < -0.3 is 5.11 Å². The average molecular weight is 347 g/mol. The molecule has 1 unspecified atom stereocenters. The number of benzene rings is 1. The van der Waals surface area contributed by atoms with E-state index in [9.17, 15) is 30.4 Å². The lowest BCUT2D eigenvalue weighted by molar-refractivity contribution is 0.255. The molecule has 0 heterocycles. The molecule has 1 rings (SSSR count). The van der Waals surface area contributed by atoms with E-state index in [4.69, 9.17) is 5.11 Å². The zero-order valence-electron chi connectivity index (χ0n) is 11.6. The molecule has 0 aromatic heterocycles. The van der Waals surface area contributed by atoms with Crippen LogP contribution in [0.3, 0.4) is 0 Å². The molecule has 0 radical (unpaired) electrons. The molecular formula is C12H14F5NO3S. The third-order valence-corrected chi connectivity index (χ3v) is 4.50. The molecule has 10 heteroatoms. The Balaban J connectivity index is 3.41. The molecule has 0 bridgehead atoms. The second-order valence-corrected chi connectivity index (χ2v) is 6.53. The van der Waals surface area contributed by atoms with Crippen LogP contribution in [0, 0.1) is 35.0 Å². The summed E-state index contributed by atoms with van der Waals surface area (Å²) in [5, 5.41) is 8.83. The summed E-state index contributed by atoms with van der Waals surface area (Å²) in [6.45, 7) is 2.69. The van der Waals surface area contributed by atoms with Crippen molar-refractivity contribution in [2.75, 3.05) is 6.61 Å². The van der Waals surface area contributed by atoms with Crippen LogP contribution in [0.15, 0.2) is 4.90 Å². The molecule has 2 N–H and O–H groups in total. The molecule has 0 saturated carbocycles. The first kappa shape index (κ1) is 18.8. The Morgan fingerprint density at radius 1 is 0.955 bits per heavy atom. The van der Waals surface area contributed by atoms with Gasteiger partial charge in [0.1, 0.15) is 0 Å². The molecule has 1 aromatic carbocycles. The van der Waals surface area contributed by atoms with Crippen LogP contribution in [0.5, 0.6) is 0 Å². The van der Waals surface area contributed by atoms with Crippen LogP contribution in [-0.4, -0.2) is 26.2 Å². The normalized spacial score (nSPS) is 13.7. The molecule has 22 heavy (non-hydrogen) atoms. The van der Waals surface area contributed by atoms with Gasteiger partial charge in [0.05, 0.1) is 0 Å². The lowest BCUT2D eigenvalue weighted by atomic mass is 10.0. The minimum absolute atomic E-state index is 0.0910. The average Bonchev–Trinajstić information content (AvgIpc) is 2.42. The summed E-state index contributed by atoms with van der Waals surface area (Å²) in [5.74, 6) is -12.4. The Labute approximate surface area is 124 Å². The van der Waals surface area contributed by atoms with E-state index in [0.717, 1.165) is 0 Å². The van der Waals surface area contributed by atoms with Gasteiger partial charge >= 0.3 is 0 Å². The quantitative estimate of drug-likeness (QED) is 0.470. The third-order valence-electron chi connectivity index (χ3n) is 2.99. The van der Waals surface area contributed by atoms with E-state index in [1.54, 1.807) is 13.8 Å². The SMILES string of the molecule is CC(C)C(CCO)NS(=O)(=O)c1c(F)c(F)c(F)c(F)c1F. The summed E-state index contributed by atoms with van der Waals surface area (Å²) < 4.78 is 91.9. The molecule has 0 aliphatic rings. The van der Waals surface area contributed by atoms with Crippen molar-refractivity contribution in [1.82, 2.24) is 4.72 Å². The molecule has 1 aromatic rings. The van der Waals surface area contributed by atoms with Gasteiger partial charge in [-0.05, 0) is 12.3 Å². The molecule has 0 aliphatic carbocycles. The van der Waals surface area contributed by atoms with Crippen molar-refractivity contribution in [2.45, 2.75) is 31.2 Å². The van der Waals surface area contributed by atoms with Gasteiger partial charge in [-0.25, -0.2) is 35.1 Å². The smallest absolute Gasteiger partial charge is 0.246 e. The number of aliphatic hydroxyl groups excluding tert-OH is 1. The summed E-state index contributed by atoms with van der Waals surface area (Å²) in [6.07, 6.45) is -0.0910. The zero-order chi connectivity index (χ0) is 17.2. The van der Waals surface area contributed by atoms with Crippen molar-refractivity contribution < 1.29 is 35.5 Å². The minimum atomic E-state index is -5.01. The third kappa shape index (κ3) is 3.55. The highest BCUT2D eigenvalue weighted by molar-refractivity contribution is 7.89. The maximum Gasteiger partial charge on any atom is 0.246 e. The van der Waals surface area contributed by atoms with E-state index in [2.05, 4.69) is 0 Å². The molecule has 4 nitrogen and oxygen atoms in total. The molecule has 0 aliphatic heterocycles. The van der Waals surface area contributed by atoms with Gasteiger partial charge in [0.2, 0.25) is 15.8 Å². The summed E-state index contributed by atoms with van der Waals surface area (Å²) in [7, 11) is -5.01. The number of halogens is 5. The van der Waals surface area contributed by atoms with Crippen LogP contribution in [0.2, 0.25) is 0 Å². The maximum atomic E-state index is 13.5. The van der Waals surface area contributed by atoms with Gasteiger partial charge in [-0.3, -0.25) is 0 Å². The first-order valence-corrected chi connectivity index (χ1v) is 7.67. The number of rotatable bonds is 6. The first-order chi connectivity index (χ1) is 10.0. The van der Waals surface area contributed by atoms with E-state index in [-0.39, 0.29) is 12.3 Å². The number of hydrogen-bond donors (Lipinski definition) is 2. The van der Waals surface area contributed by atoms with Crippen molar-refractivity contribution in [3.05, 3.63) is 29.1 Å². The lowest BCUT2D eigenvalue weighted by Crippen LogP contribution is -2.40. The number of nitrogens with one attached hydrogen (secondary N) is 1. The molecular weight excluding hydrogens is 333 g/mol. The van der Waals surface area contributed by atoms with Crippen LogP contribution in [-0.2, 0) is 10.0 Å². The molecule has 126 valence electrons. The van der Waals surface area contributed by atoms with Gasteiger partial charge in [0, 0.05) is 12.6 Å². The topological polar surface area (TPSA) is 66.4 Å². The molecule has 0 fully saturated rings. The van der Waals surface area contributed by atoms with Crippen LogP contribution in [0.4, 0.5) is 22.0 Å². The van der Waals surface area contributed by atoms with Crippen molar-refractivity contribution >= 4 is 10.0 Å². The Kier molecular flexibility index (Phi) is 5.88. The van der Waals surface area contributed by atoms with Crippen molar-refractivity contribution in [1.29, 1.82) is 0 Å². The minimum Gasteiger partial charge on any atom is -0.396 e. The predicted molar refractivity (Wildman–Crippen MR) is 66.9 cm³/mol. The standard InChI is InChI=1S/C12H14F5NO3S/c1-5(2)6(3-4-19)18-22(20,21)12-10(16)8(14)7(13)9(15)11(12)17/h5-6,18-19H,3-4H2,1-2H3. The molecule has 0 spiro atoms. The van der Waals surface area contributed by atoms with Crippen molar-refractivity contribution in [3.8, 4) is 0 Å². The van der Waals surface area contributed by atoms with Gasteiger partial charge in [0.25, 0.3) is 0 Å². The highest BCUT2D eigenvalue weighted by atomic mass is 32.2. The second-order valence-electron chi connectivity index (χ2n) is 4.88. The highest BCUT2D eigenvalue weighted by Crippen LogP contribution is 2.27. The molecule has 0 amide bonds. The van der Waals surface area contributed by atoms with Gasteiger partial charge in [-0.15, -0.1) is 0 Å². The fourth-order valence-corrected chi connectivity index (χ4v) is 3.30. The Bertz CT molecular complexity index is 634. The fraction of sp³-hybridized carbons (Fsp3) is 0.500. The Morgan fingerprint density at radius 3 is 1.73 bits per heavy atom. The summed E-state index contributed by atoms with van der Waals surface area (Å²) in [4.78, 5) is -1.94. The van der Waals surface area contributed by atoms with Crippen molar-refractivity contribution in [2.24, 2.45) is 5.92 Å². The van der Waals surface area contributed by atoms with Crippen molar-refractivity contribution in [3.63, 3.8) is 0 Å². The van der Waals surface area contributed by atoms with E-state index in [0.29, 0.717) is 0 Å². The highest BCUT2D eigenvalue weighted by Gasteiger charge is 2.35. The number of hydrogen-bond acceptors (Lipinski definition) is 3. The second kappa shape index (κ2) is 6.88. The van der Waals surface area contributed by atoms with Crippen LogP contribution < -0.4 is 4.72 Å². The van der Waals surface area contributed by atoms with Crippen LogP contribution in [0.1, 0.15) is 20.3 Å². The van der Waals surface area contributed by atoms with Gasteiger partial charge in [0.15, 0.2) is 28.2 Å². The molecule has 1 atom stereocenters. The van der Waals surface area contributed by atoms with Crippen LogP contribution >= 0.6 is 0 Å². The lowest BCUT2D eigenvalue weighted by Gasteiger charge is -2.21. The Hall–Kier alpha value is -1.26. The predicted octanol–water partition coefficient (Wildman–Crippen LogP) is 2.07. The van der Waals surface area contributed by atoms with Gasteiger partial charge in [-0.2, -0.15) is 0 Å². The number of sulfonamides is 1. The largest absolute Gasteiger partial charge is 0.396 e. The summed E-state index contributed by atoms with van der Waals surface area (Å²) in [6, 6.07) is -0.940. The maximum absolute atomic E-state index is 13.5. The Morgan fingerprint density at radius 2 is 1.36 bits per heavy atom. The van der Waals surface area contributed by atoms with E-state index in [1.165, 1.54) is 0 Å². The first-order valence-electron chi connectivity index (χ1n) is 6.19. The summed E-state index contributed by atoms with van der Waals surface area (Å²) >= 11 is 0. The summed E-state index contributed by atoms with van der Waals surface area (Å²) in [5.41, 5.74) is 0. The van der Waals surface area contributed by atoms with E-state index in [1.807, 2.05) is 4.72 Å². The molecule has 0 saturated heterocycles. The monoisotopic (exact) mass is 347 g/mol. The van der Waals surface area contributed by atoms with Crippen LogP contribution in [0.25, 0.3) is 0 Å². The van der Waals surface area contributed by atoms with E-state index >= 15 is 0 Å². The van der Waals surface area contributed by atoms with E-state index < -0.39 is 56.7 Å². The fourth-order valence-electron chi connectivity index (χ4n) is 1.75. The van der Waals surface area contributed by atoms with Gasteiger partial charge in [-0.1, -0.05) is 13.8 Å². The number of aliphatic hydroxyl groups is 1.